The number of nitriles is 2. The third-order valence-electron chi connectivity index (χ3n) is 8.04. The van der Waals surface area contributed by atoms with E-state index in [1.54, 1.807) is 34.1 Å². The number of urea groups is 1. The van der Waals surface area contributed by atoms with Gasteiger partial charge in [0.25, 0.3) is 0 Å². The second-order valence-electron chi connectivity index (χ2n) is 10.8. The molecular formula is C36H34N4O2. The highest BCUT2D eigenvalue weighted by molar-refractivity contribution is 5.76. The number of amides is 2. The summed E-state index contributed by atoms with van der Waals surface area (Å²) in [6.07, 6.45) is 1.86. The van der Waals surface area contributed by atoms with E-state index >= 15 is 0 Å². The molecule has 4 aromatic carbocycles. The maximum absolute atomic E-state index is 14.4. The summed E-state index contributed by atoms with van der Waals surface area (Å²) < 4.78 is 0. The molecule has 4 aromatic rings. The van der Waals surface area contributed by atoms with E-state index in [-0.39, 0.29) is 19.1 Å². The summed E-state index contributed by atoms with van der Waals surface area (Å²) in [4.78, 5) is 18.0. The summed E-state index contributed by atoms with van der Waals surface area (Å²) in [5.41, 5.74) is 5.05. The van der Waals surface area contributed by atoms with Gasteiger partial charge >= 0.3 is 6.03 Å². The van der Waals surface area contributed by atoms with Crippen LogP contribution in [0.15, 0.2) is 109 Å². The van der Waals surface area contributed by atoms with Crippen molar-refractivity contribution in [2.75, 3.05) is 0 Å². The molecule has 0 bridgehead atoms. The van der Waals surface area contributed by atoms with Crippen LogP contribution in [0.1, 0.15) is 46.2 Å². The van der Waals surface area contributed by atoms with E-state index in [1.165, 1.54) is 0 Å². The van der Waals surface area contributed by atoms with Crippen LogP contribution in [-0.2, 0) is 25.9 Å². The Balaban J connectivity index is 1.49. The van der Waals surface area contributed by atoms with Gasteiger partial charge < -0.3 is 14.9 Å². The van der Waals surface area contributed by atoms with Crippen molar-refractivity contribution >= 4 is 6.03 Å². The zero-order valence-corrected chi connectivity index (χ0v) is 23.5. The molecule has 210 valence electrons. The highest BCUT2D eigenvalue weighted by atomic mass is 16.3. The molecule has 0 spiro atoms. The second-order valence-corrected chi connectivity index (χ2v) is 10.8. The third-order valence-corrected chi connectivity index (χ3v) is 8.04. The summed E-state index contributed by atoms with van der Waals surface area (Å²) in [7, 11) is 0. The molecule has 0 aliphatic carbocycles. The number of hydrogen-bond donors (Lipinski definition) is 1. The Labute approximate surface area is 247 Å². The van der Waals surface area contributed by atoms with E-state index in [0.717, 1.165) is 35.1 Å². The van der Waals surface area contributed by atoms with Gasteiger partial charge in [-0.2, -0.15) is 10.5 Å². The van der Waals surface area contributed by atoms with Gasteiger partial charge in [0.1, 0.15) is 0 Å². The van der Waals surface area contributed by atoms with Crippen LogP contribution in [0.2, 0.25) is 0 Å². The first-order chi connectivity index (χ1) is 20.6. The van der Waals surface area contributed by atoms with Gasteiger partial charge in [0.05, 0.1) is 41.5 Å². The number of aryl methyl sites for hydroxylation is 2. The summed E-state index contributed by atoms with van der Waals surface area (Å²) in [6, 6.07) is 38.2. The van der Waals surface area contributed by atoms with E-state index in [2.05, 4.69) is 36.4 Å². The van der Waals surface area contributed by atoms with E-state index < -0.39 is 18.2 Å². The van der Waals surface area contributed by atoms with Crippen molar-refractivity contribution in [2.45, 2.75) is 57.0 Å². The normalized spacial score (nSPS) is 17.1. The zero-order chi connectivity index (χ0) is 29.3. The molecule has 6 nitrogen and oxygen atoms in total. The van der Waals surface area contributed by atoms with Crippen LogP contribution in [0.3, 0.4) is 0 Å². The molecule has 1 aliphatic heterocycles. The number of carbonyl (C=O) groups excluding carboxylic acids is 1. The van der Waals surface area contributed by atoms with Crippen LogP contribution >= 0.6 is 0 Å². The maximum atomic E-state index is 14.4. The lowest BCUT2D eigenvalue weighted by molar-refractivity contribution is -0.0478. The Morgan fingerprint density at radius 1 is 0.595 bits per heavy atom. The minimum atomic E-state index is -0.798. The van der Waals surface area contributed by atoms with E-state index in [1.807, 2.05) is 60.7 Å². The Hall–Kier alpha value is -4.91. The Bertz CT molecular complexity index is 1460. The number of carbonyl (C=O) groups is 1. The van der Waals surface area contributed by atoms with Gasteiger partial charge in [-0.25, -0.2) is 4.79 Å². The highest BCUT2D eigenvalue weighted by Crippen LogP contribution is 2.31. The van der Waals surface area contributed by atoms with Gasteiger partial charge in [-0.1, -0.05) is 84.9 Å². The summed E-state index contributed by atoms with van der Waals surface area (Å²) in [5.74, 6) is 0. The first kappa shape index (κ1) is 28.6. The Morgan fingerprint density at radius 2 is 1.00 bits per heavy atom. The van der Waals surface area contributed by atoms with Gasteiger partial charge in [0, 0.05) is 13.1 Å². The molecule has 1 N–H and O–H groups in total. The summed E-state index contributed by atoms with van der Waals surface area (Å²) >= 11 is 0. The first-order valence-electron chi connectivity index (χ1n) is 14.4. The molecule has 0 unspecified atom stereocenters. The zero-order valence-electron chi connectivity index (χ0n) is 23.5. The lowest BCUT2D eigenvalue weighted by Gasteiger charge is -2.49. The molecule has 0 saturated carbocycles. The van der Waals surface area contributed by atoms with Crippen molar-refractivity contribution in [3.63, 3.8) is 0 Å². The number of hydrogen-bond acceptors (Lipinski definition) is 4. The lowest BCUT2D eigenvalue weighted by Crippen LogP contribution is -2.65. The van der Waals surface area contributed by atoms with E-state index in [0.29, 0.717) is 24.0 Å². The first-order valence-corrected chi connectivity index (χ1v) is 14.4. The highest BCUT2D eigenvalue weighted by Gasteiger charge is 2.45. The number of rotatable bonds is 10. The maximum Gasteiger partial charge on any atom is 0.321 e. The molecule has 2 amide bonds. The van der Waals surface area contributed by atoms with Gasteiger partial charge in [0.2, 0.25) is 0 Å². The number of aliphatic hydroxyl groups is 1. The van der Waals surface area contributed by atoms with Crippen molar-refractivity contribution in [3.8, 4) is 12.1 Å². The Morgan fingerprint density at radius 3 is 1.40 bits per heavy atom. The van der Waals surface area contributed by atoms with Crippen molar-refractivity contribution in [1.82, 2.24) is 9.80 Å². The van der Waals surface area contributed by atoms with Crippen LogP contribution < -0.4 is 0 Å². The largest absolute Gasteiger partial charge is 0.389 e. The third kappa shape index (κ3) is 6.86. The van der Waals surface area contributed by atoms with Gasteiger partial charge in [0.15, 0.2) is 0 Å². The van der Waals surface area contributed by atoms with Crippen molar-refractivity contribution < 1.29 is 9.90 Å². The van der Waals surface area contributed by atoms with Crippen molar-refractivity contribution in [3.05, 3.63) is 143 Å². The average molecular weight is 555 g/mol. The minimum Gasteiger partial charge on any atom is -0.389 e. The fraction of sp³-hybridized carbons (Fsp3) is 0.250. The molecule has 1 saturated heterocycles. The number of aliphatic hydroxyl groups excluding tert-OH is 1. The van der Waals surface area contributed by atoms with Crippen molar-refractivity contribution in [2.24, 2.45) is 0 Å². The topological polar surface area (TPSA) is 91.4 Å². The lowest BCUT2D eigenvalue weighted by atomic mass is 9.88. The molecule has 42 heavy (non-hydrogen) atoms. The molecule has 0 radical (unpaired) electrons. The average Bonchev–Trinajstić information content (AvgIpc) is 3.04. The smallest absolute Gasteiger partial charge is 0.321 e. The number of nitrogens with zero attached hydrogens (tertiary/aromatic N) is 4. The molecule has 0 aromatic heterocycles. The van der Waals surface area contributed by atoms with Crippen LogP contribution in [0.4, 0.5) is 4.79 Å². The molecule has 1 aliphatic rings. The monoisotopic (exact) mass is 554 g/mol. The predicted molar refractivity (Wildman–Crippen MR) is 162 cm³/mol. The Kier molecular flexibility index (Phi) is 9.29. The fourth-order valence-corrected chi connectivity index (χ4v) is 5.89. The second kappa shape index (κ2) is 13.6. The van der Waals surface area contributed by atoms with E-state index in [9.17, 15) is 20.4 Å². The van der Waals surface area contributed by atoms with Crippen LogP contribution in [-0.4, -0.2) is 39.1 Å². The van der Waals surface area contributed by atoms with Crippen LogP contribution in [0, 0.1) is 22.7 Å². The van der Waals surface area contributed by atoms with Gasteiger partial charge in [-0.05, 0) is 72.2 Å². The molecule has 1 fully saturated rings. The minimum absolute atomic E-state index is 0.152. The number of benzene rings is 4. The molecule has 6 heteroatoms. The molecule has 2 atom stereocenters. The van der Waals surface area contributed by atoms with Gasteiger partial charge in [-0.3, -0.25) is 0 Å². The van der Waals surface area contributed by atoms with Crippen molar-refractivity contribution in [1.29, 1.82) is 10.5 Å². The summed E-state index contributed by atoms with van der Waals surface area (Å²) in [6.45, 7) is 0.565. The quantitative estimate of drug-likeness (QED) is 0.252. The molecular weight excluding hydrogens is 520 g/mol. The SMILES string of the molecule is N#Cc1cccc(CN2C(=O)N(Cc3cccc(C#N)c3)[C@H](CCc3ccccc3)C(O)[C@H]2CCc2ccccc2)c1. The molecule has 5 rings (SSSR count). The summed E-state index contributed by atoms with van der Waals surface area (Å²) in [5, 5.41) is 31.0. The van der Waals surface area contributed by atoms with E-state index in [4.69, 9.17) is 0 Å². The molecule has 1 heterocycles. The van der Waals surface area contributed by atoms with Gasteiger partial charge in [-0.15, -0.1) is 0 Å². The fourth-order valence-electron chi connectivity index (χ4n) is 5.89. The predicted octanol–water partition coefficient (Wildman–Crippen LogP) is 6.23. The standard InChI is InChI=1S/C36H34N4O2/c37-23-29-13-7-15-31(21-29)25-39-33(19-17-27-9-3-1-4-10-27)35(41)34(20-18-28-11-5-2-6-12-28)40(36(39)42)26-32-16-8-14-30(22-32)24-38/h1-16,21-22,33-35,41H,17-20,25-26H2/t33-,34-/m1/s1. The van der Waals surface area contributed by atoms with Crippen LogP contribution in [0.5, 0.6) is 0 Å². The van der Waals surface area contributed by atoms with Crippen LogP contribution in [0.25, 0.3) is 0 Å².